The molecule has 0 saturated heterocycles. The van der Waals surface area contributed by atoms with Crippen molar-refractivity contribution in [1.82, 2.24) is 15.3 Å². The number of anilines is 2. The SMILES string of the molecule is C=C(NCc1ccc2c(c1)NC(=O)CO2)c1nc2cccc(NCc3ccccc3)c2c(=O)[nH]1. The van der Waals surface area contributed by atoms with Gasteiger partial charge in [-0.15, -0.1) is 0 Å². The van der Waals surface area contributed by atoms with Crippen molar-refractivity contribution >= 4 is 33.9 Å². The van der Waals surface area contributed by atoms with E-state index in [0.29, 0.717) is 47.0 Å². The zero-order valence-corrected chi connectivity index (χ0v) is 18.4. The molecule has 0 unspecified atom stereocenters. The van der Waals surface area contributed by atoms with E-state index < -0.39 is 0 Å². The highest BCUT2D eigenvalue weighted by Gasteiger charge is 2.16. The molecule has 4 N–H and O–H groups in total. The van der Waals surface area contributed by atoms with Crippen LogP contribution in [-0.2, 0) is 17.9 Å². The number of hydrogen-bond acceptors (Lipinski definition) is 6. The van der Waals surface area contributed by atoms with E-state index >= 15 is 0 Å². The lowest BCUT2D eigenvalue weighted by Gasteiger charge is -2.19. The van der Waals surface area contributed by atoms with Crippen LogP contribution >= 0.6 is 0 Å². The Balaban J connectivity index is 1.32. The monoisotopic (exact) mass is 453 g/mol. The fraction of sp³-hybridized carbons (Fsp3) is 0.115. The van der Waals surface area contributed by atoms with Crippen LogP contribution in [0.25, 0.3) is 16.6 Å². The van der Waals surface area contributed by atoms with Gasteiger partial charge < -0.3 is 25.7 Å². The Labute approximate surface area is 195 Å². The van der Waals surface area contributed by atoms with E-state index in [-0.39, 0.29) is 18.1 Å². The molecule has 0 aliphatic carbocycles. The molecule has 0 fully saturated rings. The van der Waals surface area contributed by atoms with Gasteiger partial charge in [0.2, 0.25) is 0 Å². The minimum absolute atomic E-state index is 0.0197. The zero-order chi connectivity index (χ0) is 23.5. The first-order chi connectivity index (χ1) is 16.6. The Morgan fingerprint density at radius 3 is 2.71 bits per heavy atom. The first kappa shape index (κ1) is 21.3. The summed E-state index contributed by atoms with van der Waals surface area (Å²) in [7, 11) is 0. The van der Waals surface area contributed by atoms with Gasteiger partial charge in [0.1, 0.15) is 5.75 Å². The number of fused-ring (bicyclic) bond motifs is 2. The van der Waals surface area contributed by atoms with Crippen molar-refractivity contribution in [3.63, 3.8) is 0 Å². The van der Waals surface area contributed by atoms with Crippen LogP contribution in [0.2, 0.25) is 0 Å². The van der Waals surface area contributed by atoms with Crippen LogP contribution in [0.3, 0.4) is 0 Å². The van der Waals surface area contributed by atoms with Crippen LogP contribution in [-0.4, -0.2) is 22.5 Å². The number of rotatable bonds is 7. The number of amides is 1. The number of nitrogens with zero attached hydrogens (tertiary/aromatic N) is 1. The molecule has 5 rings (SSSR count). The summed E-state index contributed by atoms with van der Waals surface area (Å²) in [5.74, 6) is 0.823. The van der Waals surface area contributed by atoms with E-state index in [2.05, 4.69) is 32.5 Å². The smallest absolute Gasteiger partial charge is 0.262 e. The van der Waals surface area contributed by atoms with Crippen molar-refractivity contribution in [2.75, 3.05) is 17.2 Å². The molecule has 8 nitrogen and oxygen atoms in total. The van der Waals surface area contributed by atoms with Gasteiger partial charge >= 0.3 is 0 Å². The number of aromatic amines is 1. The van der Waals surface area contributed by atoms with Gasteiger partial charge in [0.15, 0.2) is 12.4 Å². The van der Waals surface area contributed by atoms with Crippen molar-refractivity contribution < 1.29 is 9.53 Å². The van der Waals surface area contributed by atoms with Gasteiger partial charge in [-0.25, -0.2) is 4.98 Å². The molecular formula is C26H23N5O3. The maximum atomic E-state index is 12.9. The maximum Gasteiger partial charge on any atom is 0.262 e. The summed E-state index contributed by atoms with van der Waals surface area (Å²) in [4.78, 5) is 31.9. The second kappa shape index (κ2) is 9.11. The normalized spacial score (nSPS) is 12.4. The molecule has 1 aliphatic heterocycles. The van der Waals surface area contributed by atoms with Gasteiger partial charge in [-0.05, 0) is 35.4 Å². The molecule has 1 aliphatic rings. The predicted molar refractivity (Wildman–Crippen MR) is 133 cm³/mol. The average molecular weight is 454 g/mol. The number of nitrogens with one attached hydrogen (secondary N) is 4. The minimum Gasteiger partial charge on any atom is -0.482 e. The van der Waals surface area contributed by atoms with E-state index in [1.54, 1.807) is 6.07 Å². The number of carbonyl (C=O) groups is 1. The average Bonchev–Trinajstić information content (AvgIpc) is 2.86. The lowest BCUT2D eigenvalue weighted by atomic mass is 10.1. The molecule has 0 radical (unpaired) electrons. The Morgan fingerprint density at radius 1 is 1.00 bits per heavy atom. The van der Waals surface area contributed by atoms with Gasteiger partial charge in [0, 0.05) is 18.8 Å². The fourth-order valence-electron chi connectivity index (χ4n) is 3.81. The second-order valence-electron chi connectivity index (χ2n) is 7.95. The number of hydrogen-bond donors (Lipinski definition) is 4. The molecule has 2 heterocycles. The molecule has 170 valence electrons. The summed E-state index contributed by atoms with van der Waals surface area (Å²) < 4.78 is 5.39. The van der Waals surface area contributed by atoms with Crippen molar-refractivity contribution in [2.45, 2.75) is 13.1 Å². The van der Waals surface area contributed by atoms with Crippen molar-refractivity contribution in [1.29, 1.82) is 0 Å². The van der Waals surface area contributed by atoms with Crippen LogP contribution < -0.4 is 26.2 Å². The first-order valence-corrected chi connectivity index (χ1v) is 10.9. The van der Waals surface area contributed by atoms with Crippen LogP contribution in [0.4, 0.5) is 11.4 Å². The molecule has 0 bridgehead atoms. The zero-order valence-electron chi connectivity index (χ0n) is 18.4. The van der Waals surface area contributed by atoms with E-state index in [0.717, 1.165) is 16.8 Å². The third-order valence-corrected chi connectivity index (χ3v) is 5.53. The minimum atomic E-state index is -0.243. The predicted octanol–water partition coefficient (Wildman–Crippen LogP) is 3.63. The number of H-pyrrole nitrogens is 1. The molecule has 1 amide bonds. The fourth-order valence-corrected chi connectivity index (χ4v) is 3.81. The van der Waals surface area contributed by atoms with E-state index in [1.165, 1.54) is 0 Å². The standard InChI is InChI=1S/C26H23N5O3/c1-16(27-14-18-10-11-22-21(12-18)29-23(32)15-34-22)25-30-20-9-5-8-19(24(20)26(33)31-25)28-13-17-6-3-2-4-7-17/h2-12,27-28H,1,13-15H2,(H,29,32)(H,30,31,33). The summed E-state index contributed by atoms with van der Waals surface area (Å²) in [6, 6.07) is 21.1. The van der Waals surface area contributed by atoms with Crippen LogP contribution in [0.15, 0.2) is 78.1 Å². The van der Waals surface area contributed by atoms with Crippen molar-refractivity contribution in [3.05, 3.63) is 101 Å². The number of aromatic nitrogens is 2. The molecule has 0 saturated carbocycles. The lowest BCUT2D eigenvalue weighted by Crippen LogP contribution is -2.25. The number of ether oxygens (including phenoxy) is 1. The quantitative estimate of drug-likeness (QED) is 0.340. The molecule has 0 atom stereocenters. The van der Waals surface area contributed by atoms with Crippen molar-refractivity contribution in [3.8, 4) is 5.75 Å². The highest BCUT2D eigenvalue weighted by atomic mass is 16.5. The topological polar surface area (TPSA) is 108 Å². The molecule has 4 aromatic rings. The second-order valence-corrected chi connectivity index (χ2v) is 7.95. The van der Waals surface area contributed by atoms with Crippen molar-refractivity contribution in [2.24, 2.45) is 0 Å². The van der Waals surface area contributed by atoms with Gasteiger partial charge in [-0.1, -0.05) is 49.0 Å². The largest absolute Gasteiger partial charge is 0.482 e. The highest BCUT2D eigenvalue weighted by Crippen LogP contribution is 2.28. The molecule has 1 aromatic heterocycles. The molecule has 3 aromatic carbocycles. The van der Waals surface area contributed by atoms with E-state index in [1.807, 2.05) is 60.7 Å². The van der Waals surface area contributed by atoms with Gasteiger partial charge in [0.05, 0.1) is 22.3 Å². The molecule has 8 heteroatoms. The first-order valence-electron chi connectivity index (χ1n) is 10.9. The highest BCUT2D eigenvalue weighted by molar-refractivity contribution is 5.95. The Hall–Kier alpha value is -4.59. The van der Waals surface area contributed by atoms with Crippen LogP contribution in [0.1, 0.15) is 17.0 Å². The van der Waals surface area contributed by atoms with Gasteiger partial charge in [-0.2, -0.15) is 0 Å². The Kier molecular flexibility index (Phi) is 5.70. The maximum absolute atomic E-state index is 12.9. The van der Waals surface area contributed by atoms with Gasteiger partial charge in [-0.3, -0.25) is 9.59 Å². The third kappa shape index (κ3) is 4.47. The number of carbonyl (C=O) groups excluding carboxylic acids is 1. The summed E-state index contributed by atoms with van der Waals surface area (Å²) in [5, 5.41) is 9.81. The van der Waals surface area contributed by atoms with E-state index in [9.17, 15) is 9.59 Å². The summed E-state index contributed by atoms with van der Waals surface area (Å²) >= 11 is 0. The van der Waals surface area contributed by atoms with E-state index in [4.69, 9.17) is 4.74 Å². The van der Waals surface area contributed by atoms with Crippen LogP contribution in [0.5, 0.6) is 5.75 Å². The summed E-state index contributed by atoms with van der Waals surface area (Å²) in [5.41, 5.74) is 4.21. The molecule has 0 spiro atoms. The number of benzene rings is 3. The Bertz CT molecular complexity index is 1450. The molecule has 34 heavy (non-hydrogen) atoms. The Morgan fingerprint density at radius 2 is 1.85 bits per heavy atom. The third-order valence-electron chi connectivity index (χ3n) is 5.53. The van der Waals surface area contributed by atoms with Crippen LogP contribution in [0, 0.1) is 0 Å². The summed E-state index contributed by atoms with van der Waals surface area (Å²) in [6.07, 6.45) is 0. The van der Waals surface area contributed by atoms with Gasteiger partial charge in [0.25, 0.3) is 11.5 Å². The summed E-state index contributed by atoms with van der Waals surface area (Å²) in [6.45, 7) is 5.08. The lowest BCUT2D eigenvalue weighted by molar-refractivity contribution is -0.118. The molecular weight excluding hydrogens is 430 g/mol.